The molecule has 0 saturated carbocycles. The summed E-state index contributed by atoms with van der Waals surface area (Å²) in [5.41, 5.74) is 14.3. The molecule has 0 N–H and O–H groups in total. The van der Waals surface area contributed by atoms with Gasteiger partial charge in [0.1, 0.15) is 0 Å². The fourth-order valence-electron chi connectivity index (χ4n) is 7.14. The standard InChI is InChI=1S/C48H31N3/c1-49-46-19-10-8-17-41(46)38-29-39(45-21-12-20-44(50-45)36-15-6-3-7-16-36)31-40(30-38)51-47-22-11-9-18-42(47)43-28-27-37(32-48(43)51)35-25-23-34(24-26-35)33-13-4-2-5-14-33/h2-32H. The van der Waals surface area contributed by atoms with Gasteiger partial charge in [-0.1, -0.05) is 146 Å². The molecule has 0 saturated heterocycles. The van der Waals surface area contributed by atoms with E-state index in [1.807, 2.05) is 48.5 Å². The van der Waals surface area contributed by atoms with Gasteiger partial charge in [-0.25, -0.2) is 9.83 Å². The van der Waals surface area contributed by atoms with Crippen LogP contribution in [0.25, 0.3) is 88.2 Å². The summed E-state index contributed by atoms with van der Waals surface area (Å²) in [6.07, 6.45) is 0. The summed E-state index contributed by atoms with van der Waals surface area (Å²) in [7, 11) is 0. The van der Waals surface area contributed by atoms with Crippen LogP contribution in [0.1, 0.15) is 0 Å². The first-order valence-electron chi connectivity index (χ1n) is 17.1. The zero-order valence-corrected chi connectivity index (χ0v) is 27.7. The molecule has 9 aromatic rings. The minimum absolute atomic E-state index is 0.620. The van der Waals surface area contributed by atoms with Gasteiger partial charge in [-0.2, -0.15) is 0 Å². The lowest BCUT2D eigenvalue weighted by atomic mass is 9.98. The molecule has 0 spiro atoms. The quantitative estimate of drug-likeness (QED) is 0.164. The first kappa shape index (κ1) is 30.1. The summed E-state index contributed by atoms with van der Waals surface area (Å²) in [4.78, 5) is 9.04. The molecule has 0 fully saturated rings. The molecule has 0 aliphatic carbocycles. The highest BCUT2D eigenvalue weighted by molar-refractivity contribution is 6.10. The van der Waals surface area contributed by atoms with Gasteiger partial charge in [-0.3, -0.25) is 0 Å². The lowest BCUT2D eigenvalue weighted by Crippen LogP contribution is -1.97. The number of hydrogen-bond acceptors (Lipinski definition) is 1. The fraction of sp³-hybridized carbons (Fsp3) is 0. The third-order valence-electron chi connectivity index (χ3n) is 9.63. The molecule has 3 heteroatoms. The van der Waals surface area contributed by atoms with E-state index in [2.05, 4.69) is 149 Å². The molecule has 0 bridgehead atoms. The van der Waals surface area contributed by atoms with Crippen LogP contribution >= 0.6 is 0 Å². The number of para-hydroxylation sites is 2. The second-order valence-electron chi connectivity index (χ2n) is 12.7. The number of hydrogen-bond donors (Lipinski definition) is 0. The highest BCUT2D eigenvalue weighted by atomic mass is 15.0. The van der Waals surface area contributed by atoms with Gasteiger partial charge in [-0.15, -0.1) is 0 Å². The average Bonchev–Trinajstić information content (AvgIpc) is 3.55. The van der Waals surface area contributed by atoms with Crippen molar-refractivity contribution in [1.82, 2.24) is 9.55 Å². The van der Waals surface area contributed by atoms with Gasteiger partial charge in [0.05, 0.1) is 29.0 Å². The van der Waals surface area contributed by atoms with Gasteiger partial charge in [0, 0.05) is 27.6 Å². The molecule has 9 rings (SSSR count). The second-order valence-corrected chi connectivity index (χ2v) is 12.7. The maximum atomic E-state index is 7.96. The van der Waals surface area contributed by atoms with Crippen LogP contribution in [0.2, 0.25) is 0 Å². The van der Waals surface area contributed by atoms with Crippen LogP contribution < -0.4 is 0 Å². The number of nitrogens with zero attached hydrogens (tertiary/aromatic N) is 3. The zero-order valence-electron chi connectivity index (χ0n) is 27.7. The number of aromatic nitrogens is 2. The van der Waals surface area contributed by atoms with Crippen molar-refractivity contribution in [1.29, 1.82) is 0 Å². The largest absolute Gasteiger partial charge is 0.309 e. The van der Waals surface area contributed by atoms with Crippen molar-refractivity contribution in [2.24, 2.45) is 0 Å². The van der Waals surface area contributed by atoms with E-state index in [0.717, 1.165) is 61.5 Å². The van der Waals surface area contributed by atoms with Crippen molar-refractivity contribution in [3.05, 3.63) is 199 Å². The average molecular weight is 650 g/mol. The summed E-state index contributed by atoms with van der Waals surface area (Å²) in [5, 5.41) is 2.38. The molecule has 7 aromatic carbocycles. The van der Waals surface area contributed by atoms with E-state index in [1.54, 1.807) is 0 Å². The molecule has 0 unspecified atom stereocenters. The summed E-state index contributed by atoms with van der Waals surface area (Å²) < 4.78 is 2.36. The molecular formula is C48H31N3. The van der Waals surface area contributed by atoms with E-state index in [1.165, 1.54) is 21.9 Å². The van der Waals surface area contributed by atoms with Crippen LogP contribution in [-0.4, -0.2) is 9.55 Å². The van der Waals surface area contributed by atoms with E-state index < -0.39 is 0 Å². The number of rotatable bonds is 6. The van der Waals surface area contributed by atoms with Crippen LogP contribution in [-0.2, 0) is 0 Å². The Bertz CT molecular complexity index is 2730. The molecule has 238 valence electrons. The van der Waals surface area contributed by atoms with E-state index in [9.17, 15) is 0 Å². The van der Waals surface area contributed by atoms with Gasteiger partial charge in [0.15, 0.2) is 5.69 Å². The normalized spacial score (nSPS) is 11.1. The monoisotopic (exact) mass is 649 g/mol. The Labute approximate surface area is 297 Å². The third-order valence-corrected chi connectivity index (χ3v) is 9.63. The molecule has 0 atom stereocenters. The lowest BCUT2D eigenvalue weighted by Gasteiger charge is -2.15. The van der Waals surface area contributed by atoms with Gasteiger partial charge in [0.2, 0.25) is 0 Å². The van der Waals surface area contributed by atoms with E-state index in [0.29, 0.717) is 5.69 Å². The van der Waals surface area contributed by atoms with Crippen molar-refractivity contribution in [3.63, 3.8) is 0 Å². The highest BCUT2D eigenvalue weighted by Gasteiger charge is 2.17. The van der Waals surface area contributed by atoms with Crippen LogP contribution in [0.3, 0.4) is 0 Å². The Morgan fingerprint density at radius 3 is 1.73 bits per heavy atom. The minimum Gasteiger partial charge on any atom is -0.309 e. The van der Waals surface area contributed by atoms with Crippen LogP contribution in [0, 0.1) is 6.57 Å². The molecule has 0 aliphatic rings. The van der Waals surface area contributed by atoms with Gasteiger partial charge in [0.25, 0.3) is 0 Å². The van der Waals surface area contributed by atoms with Crippen LogP contribution in [0.15, 0.2) is 188 Å². The van der Waals surface area contributed by atoms with Gasteiger partial charge in [-0.05, 0) is 75.8 Å². The Balaban J connectivity index is 1.26. The first-order valence-corrected chi connectivity index (χ1v) is 17.1. The predicted molar refractivity (Wildman–Crippen MR) is 212 cm³/mol. The Morgan fingerprint density at radius 2 is 0.961 bits per heavy atom. The van der Waals surface area contributed by atoms with Crippen LogP contribution in [0.5, 0.6) is 0 Å². The fourth-order valence-corrected chi connectivity index (χ4v) is 7.14. The Morgan fingerprint density at radius 1 is 0.392 bits per heavy atom. The van der Waals surface area contributed by atoms with Gasteiger partial charge < -0.3 is 4.57 Å². The number of fused-ring (bicyclic) bond motifs is 3. The molecule has 0 radical (unpaired) electrons. The summed E-state index contributed by atoms with van der Waals surface area (Å²) >= 11 is 0. The number of benzene rings is 7. The maximum Gasteiger partial charge on any atom is 0.194 e. The van der Waals surface area contributed by atoms with Crippen molar-refractivity contribution in [3.8, 4) is 61.6 Å². The Hall–Kier alpha value is -7.02. The summed E-state index contributed by atoms with van der Waals surface area (Å²) in [6, 6.07) is 65.6. The molecular weight excluding hydrogens is 619 g/mol. The van der Waals surface area contributed by atoms with Crippen molar-refractivity contribution in [2.45, 2.75) is 0 Å². The minimum atomic E-state index is 0.620. The van der Waals surface area contributed by atoms with E-state index in [-0.39, 0.29) is 0 Å². The third kappa shape index (κ3) is 5.56. The zero-order chi connectivity index (χ0) is 34.1. The topological polar surface area (TPSA) is 22.2 Å². The molecule has 3 nitrogen and oxygen atoms in total. The van der Waals surface area contributed by atoms with E-state index in [4.69, 9.17) is 11.6 Å². The predicted octanol–water partition coefficient (Wildman–Crippen LogP) is 13.1. The van der Waals surface area contributed by atoms with Crippen molar-refractivity contribution in [2.75, 3.05) is 0 Å². The summed E-state index contributed by atoms with van der Waals surface area (Å²) in [5.74, 6) is 0. The lowest BCUT2D eigenvalue weighted by molar-refractivity contribution is 1.18. The molecule has 0 aliphatic heterocycles. The smallest absolute Gasteiger partial charge is 0.194 e. The van der Waals surface area contributed by atoms with Gasteiger partial charge >= 0.3 is 0 Å². The molecule has 2 heterocycles. The van der Waals surface area contributed by atoms with E-state index >= 15 is 0 Å². The SMILES string of the molecule is [C-]#[N+]c1ccccc1-c1cc(-c2cccc(-c3ccccc3)n2)cc(-n2c3ccccc3c3ccc(-c4ccc(-c5ccccc5)cc4)cc32)c1. The molecule has 51 heavy (non-hydrogen) atoms. The molecule has 0 amide bonds. The second kappa shape index (κ2) is 12.8. The first-order chi connectivity index (χ1) is 25.2. The number of pyridine rings is 1. The Kier molecular flexibility index (Phi) is 7.54. The highest BCUT2D eigenvalue weighted by Crippen LogP contribution is 2.39. The van der Waals surface area contributed by atoms with Crippen LogP contribution in [0.4, 0.5) is 5.69 Å². The molecule has 2 aromatic heterocycles. The van der Waals surface area contributed by atoms with Crippen molar-refractivity contribution >= 4 is 27.5 Å². The summed E-state index contributed by atoms with van der Waals surface area (Å²) in [6.45, 7) is 7.96. The van der Waals surface area contributed by atoms with Crippen molar-refractivity contribution < 1.29 is 0 Å². The maximum absolute atomic E-state index is 7.96.